The van der Waals surface area contributed by atoms with Gasteiger partial charge in [-0.1, -0.05) is 19.3 Å². The summed E-state index contributed by atoms with van der Waals surface area (Å²) < 4.78 is 17.3. The average Bonchev–Trinajstić information content (AvgIpc) is 3.14. The van der Waals surface area contributed by atoms with Gasteiger partial charge in [-0.2, -0.15) is 0 Å². The molecule has 0 spiro atoms. The van der Waals surface area contributed by atoms with Gasteiger partial charge >= 0.3 is 0 Å². The predicted molar refractivity (Wildman–Crippen MR) is 86.7 cm³/mol. The first-order valence-corrected chi connectivity index (χ1v) is 9.00. The Morgan fingerprint density at radius 2 is 1.52 bits per heavy atom. The van der Waals surface area contributed by atoms with E-state index in [0.717, 1.165) is 77.2 Å². The van der Waals surface area contributed by atoms with E-state index in [9.17, 15) is 0 Å². The highest BCUT2D eigenvalue weighted by Gasteiger charge is 2.44. The first kappa shape index (κ1) is 15.4. The maximum absolute atomic E-state index is 6.30. The van der Waals surface area contributed by atoms with Crippen LogP contribution in [0.4, 0.5) is 5.88 Å². The Bertz CT molecular complexity index is 501. The largest absolute Gasteiger partial charge is 0.423 e. The number of hydrogen-bond donors (Lipinski definition) is 0. The number of anilines is 1. The molecule has 1 aromatic rings. The van der Waals surface area contributed by atoms with Crippen molar-refractivity contribution in [2.45, 2.75) is 37.6 Å². The van der Waals surface area contributed by atoms with Gasteiger partial charge in [-0.15, -0.1) is 0 Å². The number of oxazole rings is 1. The van der Waals surface area contributed by atoms with Crippen LogP contribution in [0.1, 0.15) is 38.0 Å². The Hall–Kier alpha value is -1.11. The molecular formula is C17H27N3O3. The number of hydrogen-bond acceptors (Lipinski definition) is 6. The SMILES string of the molecule is c1nc(C2(N3CCOCC3)CCCCC2)oc1N1CCOCC1. The molecule has 1 saturated carbocycles. The van der Waals surface area contributed by atoms with Crippen LogP contribution in [0.2, 0.25) is 0 Å². The lowest BCUT2D eigenvalue weighted by Crippen LogP contribution is -2.52. The highest BCUT2D eigenvalue weighted by molar-refractivity contribution is 5.34. The Labute approximate surface area is 137 Å². The second-order valence-corrected chi connectivity index (χ2v) is 6.79. The maximum atomic E-state index is 6.30. The molecule has 3 fully saturated rings. The zero-order valence-corrected chi connectivity index (χ0v) is 13.8. The van der Waals surface area contributed by atoms with Crippen LogP contribution in [0.5, 0.6) is 0 Å². The van der Waals surface area contributed by atoms with Crippen LogP contribution in [0.3, 0.4) is 0 Å². The maximum Gasteiger partial charge on any atom is 0.217 e. The van der Waals surface area contributed by atoms with E-state index >= 15 is 0 Å². The molecule has 2 aliphatic heterocycles. The van der Waals surface area contributed by atoms with Crippen molar-refractivity contribution >= 4 is 5.88 Å². The summed E-state index contributed by atoms with van der Waals surface area (Å²) in [6, 6.07) is 0. The molecule has 0 N–H and O–H groups in total. The summed E-state index contributed by atoms with van der Waals surface area (Å²) >= 11 is 0. The van der Waals surface area contributed by atoms with Crippen molar-refractivity contribution in [1.29, 1.82) is 0 Å². The molecule has 23 heavy (non-hydrogen) atoms. The van der Waals surface area contributed by atoms with Gasteiger partial charge in [-0.3, -0.25) is 4.90 Å². The van der Waals surface area contributed by atoms with Crippen molar-refractivity contribution in [3.8, 4) is 0 Å². The smallest absolute Gasteiger partial charge is 0.217 e. The van der Waals surface area contributed by atoms with Crippen LogP contribution in [-0.2, 0) is 15.0 Å². The van der Waals surface area contributed by atoms with Crippen molar-refractivity contribution in [3.05, 3.63) is 12.1 Å². The number of rotatable bonds is 3. The van der Waals surface area contributed by atoms with Crippen LogP contribution in [0.25, 0.3) is 0 Å². The van der Waals surface area contributed by atoms with Crippen molar-refractivity contribution in [1.82, 2.24) is 9.88 Å². The van der Waals surface area contributed by atoms with Gasteiger partial charge in [-0.05, 0) is 12.8 Å². The van der Waals surface area contributed by atoms with Crippen LogP contribution in [-0.4, -0.2) is 62.5 Å². The van der Waals surface area contributed by atoms with Crippen molar-refractivity contribution in [2.24, 2.45) is 0 Å². The predicted octanol–water partition coefficient (Wildman–Crippen LogP) is 2.00. The molecule has 128 valence electrons. The van der Waals surface area contributed by atoms with E-state index in [0.29, 0.717) is 0 Å². The fraction of sp³-hybridized carbons (Fsp3) is 0.824. The van der Waals surface area contributed by atoms with Crippen LogP contribution >= 0.6 is 0 Å². The number of ether oxygens (including phenoxy) is 2. The summed E-state index contributed by atoms with van der Waals surface area (Å²) in [5.41, 5.74) is -0.0213. The highest BCUT2D eigenvalue weighted by atomic mass is 16.5. The quantitative estimate of drug-likeness (QED) is 0.849. The van der Waals surface area contributed by atoms with Crippen LogP contribution in [0, 0.1) is 0 Å². The van der Waals surface area contributed by atoms with Crippen molar-refractivity contribution in [3.63, 3.8) is 0 Å². The first-order valence-electron chi connectivity index (χ1n) is 9.00. The zero-order valence-electron chi connectivity index (χ0n) is 13.8. The van der Waals surface area contributed by atoms with Gasteiger partial charge in [0.05, 0.1) is 38.2 Å². The Morgan fingerprint density at radius 1 is 0.870 bits per heavy atom. The van der Waals surface area contributed by atoms with Crippen LogP contribution < -0.4 is 4.90 Å². The van der Waals surface area contributed by atoms with E-state index in [4.69, 9.17) is 18.9 Å². The molecular weight excluding hydrogens is 294 g/mol. The minimum absolute atomic E-state index is 0.0213. The van der Waals surface area contributed by atoms with E-state index in [1.165, 1.54) is 19.3 Å². The third kappa shape index (κ3) is 2.99. The van der Waals surface area contributed by atoms with E-state index in [2.05, 4.69) is 9.80 Å². The van der Waals surface area contributed by atoms with Gasteiger partial charge in [0.15, 0.2) is 0 Å². The highest BCUT2D eigenvalue weighted by Crippen LogP contribution is 2.43. The van der Waals surface area contributed by atoms with Crippen molar-refractivity contribution < 1.29 is 13.9 Å². The number of nitrogens with zero attached hydrogens (tertiary/aromatic N) is 3. The summed E-state index contributed by atoms with van der Waals surface area (Å²) in [4.78, 5) is 9.54. The van der Waals surface area contributed by atoms with Crippen LogP contribution in [0.15, 0.2) is 10.6 Å². The third-order valence-electron chi connectivity index (χ3n) is 5.51. The Morgan fingerprint density at radius 3 is 2.22 bits per heavy atom. The van der Waals surface area contributed by atoms with Gasteiger partial charge in [0.25, 0.3) is 0 Å². The van der Waals surface area contributed by atoms with Gasteiger partial charge in [0.2, 0.25) is 11.8 Å². The summed E-state index contributed by atoms with van der Waals surface area (Å²) in [5.74, 6) is 1.82. The molecule has 0 radical (unpaired) electrons. The fourth-order valence-electron chi connectivity index (χ4n) is 4.20. The molecule has 3 heterocycles. The van der Waals surface area contributed by atoms with E-state index in [1.807, 2.05) is 6.20 Å². The average molecular weight is 321 g/mol. The lowest BCUT2D eigenvalue weighted by atomic mass is 9.79. The Balaban J connectivity index is 1.59. The number of aromatic nitrogens is 1. The summed E-state index contributed by atoms with van der Waals surface area (Å²) in [6.45, 7) is 6.91. The molecule has 0 unspecified atom stereocenters. The summed E-state index contributed by atoms with van der Waals surface area (Å²) in [7, 11) is 0. The molecule has 0 atom stereocenters. The minimum Gasteiger partial charge on any atom is -0.423 e. The van der Waals surface area contributed by atoms with E-state index < -0.39 is 0 Å². The van der Waals surface area contributed by atoms with Crippen molar-refractivity contribution in [2.75, 3.05) is 57.5 Å². The summed E-state index contributed by atoms with van der Waals surface area (Å²) in [5, 5.41) is 0. The van der Waals surface area contributed by atoms with E-state index in [-0.39, 0.29) is 5.54 Å². The normalized spacial score (nSPS) is 26.3. The molecule has 0 aromatic carbocycles. The second kappa shape index (κ2) is 6.79. The topological polar surface area (TPSA) is 51.0 Å². The molecule has 4 rings (SSSR count). The lowest BCUT2D eigenvalue weighted by Gasteiger charge is -2.45. The minimum atomic E-state index is -0.0213. The summed E-state index contributed by atoms with van der Waals surface area (Å²) in [6.07, 6.45) is 8.05. The molecule has 6 heteroatoms. The molecule has 6 nitrogen and oxygen atoms in total. The van der Waals surface area contributed by atoms with Gasteiger partial charge in [0, 0.05) is 26.2 Å². The molecule has 2 saturated heterocycles. The molecule has 1 aromatic heterocycles. The van der Waals surface area contributed by atoms with Gasteiger partial charge < -0.3 is 18.8 Å². The zero-order chi connectivity index (χ0) is 15.5. The molecule has 0 bridgehead atoms. The third-order valence-corrected chi connectivity index (χ3v) is 5.51. The molecule has 3 aliphatic rings. The molecule has 1 aliphatic carbocycles. The van der Waals surface area contributed by atoms with Gasteiger partial charge in [-0.25, -0.2) is 4.98 Å². The van der Waals surface area contributed by atoms with Gasteiger partial charge in [0.1, 0.15) is 0 Å². The monoisotopic (exact) mass is 321 g/mol. The second-order valence-electron chi connectivity index (χ2n) is 6.79. The standard InChI is InChI=1S/C17H27N3O3/c1-2-4-17(5-3-1,20-8-12-22-13-9-20)16-18-14-15(23-16)19-6-10-21-11-7-19/h14H,1-13H2. The molecule has 0 amide bonds. The lowest BCUT2D eigenvalue weighted by molar-refractivity contribution is -0.0514. The van der Waals surface area contributed by atoms with E-state index in [1.54, 1.807) is 0 Å². The first-order chi connectivity index (χ1) is 11.4. The fourth-order valence-corrected chi connectivity index (χ4v) is 4.20. The number of morpholine rings is 2. The Kier molecular flexibility index (Phi) is 4.55.